The summed E-state index contributed by atoms with van der Waals surface area (Å²) in [5, 5.41) is 5.90. The van der Waals surface area contributed by atoms with Gasteiger partial charge in [-0.3, -0.25) is 9.59 Å². The van der Waals surface area contributed by atoms with Crippen molar-refractivity contribution in [2.24, 2.45) is 17.1 Å². The van der Waals surface area contributed by atoms with E-state index in [1.807, 2.05) is 32.9 Å². The molecule has 1 aromatic carbocycles. The molecule has 126 valence electrons. The van der Waals surface area contributed by atoms with Gasteiger partial charge in [-0.1, -0.05) is 32.9 Å². The van der Waals surface area contributed by atoms with Crippen LogP contribution in [0.15, 0.2) is 24.3 Å². The largest absolute Gasteiger partial charge is 0.352 e. The van der Waals surface area contributed by atoms with Crippen molar-refractivity contribution in [2.75, 3.05) is 6.54 Å². The van der Waals surface area contributed by atoms with E-state index in [0.29, 0.717) is 24.6 Å². The van der Waals surface area contributed by atoms with E-state index in [1.165, 1.54) is 0 Å². The van der Waals surface area contributed by atoms with Gasteiger partial charge in [-0.25, -0.2) is 0 Å². The van der Waals surface area contributed by atoms with Crippen molar-refractivity contribution in [2.45, 2.75) is 46.2 Å². The van der Waals surface area contributed by atoms with E-state index in [-0.39, 0.29) is 17.9 Å². The molecule has 0 saturated heterocycles. The first kappa shape index (κ1) is 17.5. The number of nitrogens with two attached hydrogens (primary N) is 1. The fourth-order valence-electron chi connectivity index (χ4n) is 2.34. The summed E-state index contributed by atoms with van der Waals surface area (Å²) in [5.74, 6) is 0.461. The monoisotopic (exact) mass is 317 g/mol. The molecule has 1 fully saturated rings. The molecule has 1 aromatic rings. The molecule has 0 radical (unpaired) electrons. The van der Waals surface area contributed by atoms with Crippen molar-refractivity contribution in [1.82, 2.24) is 10.6 Å². The van der Waals surface area contributed by atoms with Crippen molar-refractivity contribution in [1.29, 1.82) is 0 Å². The predicted octanol–water partition coefficient (Wildman–Crippen LogP) is 1.82. The van der Waals surface area contributed by atoms with E-state index in [9.17, 15) is 9.59 Å². The Morgan fingerprint density at radius 1 is 1.22 bits per heavy atom. The van der Waals surface area contributed by atoms with Crippen molar-refractivity contribution in [3.63, 3.8) is 0 Å². The lowest BCUT2D eigenvalue weighted by Gasteiger charge is -2.18. The second-order valence-corrected chi connectivity index (χ2v) is 7.28. The molecule has 1 unspecified atom stereocenters. The molecule has 1 atom stereocenters. The molecule has 0 aliphatic heterocycles. The van der Waals surface area contributed by atoms with Crippen LogP contribution in [0.2, 0.25) is 0 Å². The van der Waals surface area contributed by atoms with Crippen LogP contribution in [0.25, 0.3) is 0 Å². The Morgan fingerprint density at radius 3 is 2.30 bits per heavy atom. The van der Waals surface area contributed by atoms with Crippen molar-refractivity contribution in [3.05, 3.63) is 35.4 Å². The van der Waals surface area contributed by atoms with Crippen LogP contribution in [-0.4, -0.2) is 24.4 Å². The molecule has 23 heavy (non-hydrogen) atoms. The van der Waals surface area contributed by atoms with E-state index in [0.717, 1.165) is 18.4 Å². The Labute approximate surface area is 138 Å². The van der Waals surface area contributed by atoms with Crippen LogP contribution in [0.4, 0.5) is 0 Å². The quantitative estimate of drug-likeness (QED) is 0.748. The highest BCUT2D eigenvalue weighted by Gasteiger charge is 2.31. The van der Waals surface area contributed by atoms with Gasteiger partial charge < -0.3 is 16.4 Å². The maximum Gasteiger partial charge on any atom is 0.251 e. The van der Waals surface area contributed by atoms with E-state index in [2.05, 4.69) is 10.6 Å². The molecular weight excluding hydrogens is 290 g/mol. The van der Waals surface area contributed by atoms with Crippen LogP contribution in [0.5, 0.6) is 0 Å². The topological polar surface area (TPSA) is 84.2 Å². The fraction of sp³-hybridized carbons (Fsp3) is 0.556. The summed E-state index contributed by atoms with van der Waals surface area (Å²) in [6, 6.07) is 7.38. The van der Waals surface area contributed by atoms with Crippen LogP contribution in [0.3, 0.4) is 0 Å². The number of hydrogen-bond acceptors (Lipinski definition) is 3. The van der Waals surface area contributed by atoms with Crippen molar-refractivity contribution in [3.8, 4) is 0 Å². The van der Waals surface area contributed by atoms with Gasteiger partial charge >= 0.3 is 0 Å². The van der Waals surface area contributed by atoms with Crippen molar-refractivity contribution >= 4 is 11.8 Å². The predicted molar refractivity (Wildman–Crippen MR) is 90.8 cm³/mol. The average molecular weight is 317 g/mol. The Bertz CT molecular complexity index is 557. The lowest BCUT2D eigenvalue weighted by molar-refractivity contribution is -0.128. The van der Waals surface area contributed by atoms with Gasteiger partial charge in [-0.2, -0.15) is 0 Å². The van der Waals surface area contributed by atoms with Gasteiger partial charge in [-0.15, -0.1) is 0 Å². The van der Waals surface area contributed by atoms with E-state index in [4.69, 9.17) is 5.73 Å². The number of carbonyl (C=O) groups is 2. The molecule has 2 rings (SSSR count). The third-order valence-electron chi connectivity index (χ3n) is 4.11. The lowest BCUT2D eigenvalue weighted by Crippen LogP contribution is -2.41. The second-order valence-electron chi connectivity index (χ2n) is 7.28. The molecule has 5 heteroatoms. The van der Waals surface area contributed by atoms with Gasteiger partial charge in [0, 0.05) is 30.1 Å². The molecule has 0 heterocycles. The Hall–Kier alpha value is -1.88. The zero-order valence-corrected chi connectivity index (χ0v) is 14.2. The number of benzene rings is 1. The summed E-state index contributed by atoms with van der Waals surface area (Å²) >= 11 is 0. The van der Waals surface area contributed by atoms with Crippen LogP contribution in [0, 0.1) is 11.3 Å². The van der Waals surface area contributed by atoms with Gasteiger partial charge in [0.05, 0.1) is 0 Å². The fourth-order valence-corrected chi connectivity index (χ4v) is 2.34. The third-order valence-corrected chi connectivity index (χ3v) is 4.11. The summed E-state index contributed by atoms with van der Waals surface area (Å²) in [5.41, 5.74) is 6.90. The van der Waals surface area contributed by atoms with Gasteiger partial charge in [0.2, 0.25) is 5.91 Å². The summed E-state index contributed by atoms with van der Waals surface area (Å²) in [4.78, 5) is 24.1. The van der Waals surface area contributed by atoms with E-state index >= 15 is 0 Å². The highest BCUT2D eigenvalue weighted by Crippen LogP contribution is 2.32. The Kier molecular flexibility index (Phi) is 5.42. The van der Waals surface area contributed by atoms with Gasteiger partial charge in [0.1, 0.15) is 0 Å². The van der Waals surface area contributed by atoms with Crippen LogP contribution < -0.4 is 16.4 Å². The smallest absolute Gasteiger partial charge is 0.251 e. The first-order valence-electron chi connectivity index (χ1n) is 8.19. The Morgan fingerprint density at radius 2 is 1.83 bits per heavy atom. The molecule has 5 nitrogen and oxygen atoms in total. The highest BCUT2D eigenvalue weighted by atomic mass is 16.2. The van der Waals surface area contributed by atoms with Crippen LogP contribution in [-0.2, 0) is 11.3 Å². The maximum atomic E-state index is 12.2. The molecule has 1 aliphatic rings. The number of nitrogens with one attached hydrogen (secondary N) is 2. The zero-order chi connectivity index (χ0) is 17.0. The maximum absolute atomic E-state index is 12.2. The molecule has 1 saturated carbocycles. The summed E-state index contributed by atoms with van der Waals surface area (Å²) in [6.45, 7) is 6.58. The first-order valence-corrected chi connectivity index (χ1v) is 8.19. The number of rotatable bonds is 6. The molecule has 4 N–H and O–H groups in total. The summed E-state index contributed by atoms with van der Waals surface area (Å²) in [6.07, 6.45) is 2.29. The Balaban J connectivity index is 1.88. The first-order chi connectivity index (χ1) is 10.8. The molecule has 2 amide bonds. The molecule has 0 aromatic heterocycles. The zero-order valence-electron chi connectivity index (χ0n) is 14.2. The number of amides is 2. The normalized spacial score (nSPS) is 15.8. The van der Waals surface area contributed by atoms with Crippen LogP contribution >= 0.6 is 0 Å². The van der Waals surface area contributed by atoms with Crippen LogP contribution in [0.1, 0.15) is 49.5 Å². The minimum Gasteiger partial charge on any atom is -0.352 e. The summed E-state index contributed by atoms with van der Waals surface area (Å²) in [7, 11) is 0. The SMILES string of the molecule is CC(C)(C)C(=O)NCc1ccc(C(=O)NC(CN)C2CC2)cc1. The minimum absolute atomic E-state index is 0.00883. The third kappa shape index (κ3) is 5.06. The molecule has 0 bridgehead atoms. The van der Waals surface area contributed by atoms with E-state index < -0.39 is 5.41 Å². The van der Waals surface area contributed by atoms with E-state index in [1.54, 1.807) is 12.1 Å². The van der Waals surface area contributed by atoms with Crippen molar-refractivity contribution < 1.29 is 9.59 Å². The molecule has 0 spiro atoms. The van der Waals surface area contributed by atoms with Gasteiger partial charge in [0.25, 0.3) is 5.91 Å². The van der Waals surface area contributed by atoms with Gasteiger partial charge in [0.15, 0.2) is 0 Å². The number of carbonyl (C=O) groups excluding carboxylic acids is 2. The summed E-state index contributed by atoms with van der Waals surface area (Å²) < 4.78 is 0. The molecular formula is C18H27N3O2. The average Bonchev–Trinajstić information content (AvgIpc) is 3.34. The number of hydrogen-bond donors (Lipinski definition) is 3. The van der Waals surface area contributed by atoms with Gasteiger partial charge in [-0.05, 0) is 36.5 Å². The highest BCUT2D eigenvalue weighted by molar-refractivity contribution is 5.94. The standard InChI is InChI=1S/C18H27N3O2/c1-18(2,3)17(23)20-11-12-4-6-14(7-5-12)16(22)21-15(10-19)13-8-9-13/h4-7,13,15H,8-11,19H2,1-3H3,(H,20,23)(H,21,22). The molecule has 1 aliphatic carbocycles. The lowest BCUT2D eigenvalue weighted by atomic mass is 9.95. The second kappa shape index (κ2) is 7.13. The minimum atomic E-state index is -0.403.